The summed E-state index contributed by atoms with van der Waals surface area (Å²) in [7, 11) is 7.90. The minimum absolute atomic E-state index is 0. The molecule has 0 N–H and O–H groups in total. The fourth-order valence-corrected chi connectivity index (χ4v) is 1.80. The van der Waals surface area contributed by atoms with Crippen LogP contribution in [0.2, 0.25) is 5.02 Å². The first-order chi connectivity index (χ1) is 8.90. The van der Waals surface area contributed by atoms with Crippen molar-refractivity contribution >= 4 is 41.5 Å². The van der Waals surface area contributed by atoms with Crippen LogP contribution in [0.5, 0.6) is 5.75 Å². The first-order valence-corrected chi connectivity index (χ1v) is 6.59. The van der Waals surface area contributed by atoms with Gasteiger partial charge in [0.15, 0.2) is 5.96 Å². The van der Waals surface area contributed by atoms with Gasteiger partial charge < -0.3 is 14.5 Å². The summed E-state index contributed by atoms with van der Waals surface area (Å²) in [4.78, 5) is 8.52. The number of guanidine groups is 1. The molecular formula is C14H23ClIN3O. The molecule has 1 atom stereocenters. The number of rotatable bonds is 4. The summed E-state index contributed by atoms with van der Waals surface area (Å²) in [5.74, 6) is 1.73. The van der Waals surface area contributed by atoms with Crippen molar-refractivity contribution in [3.8, 4) is 5.75 Å². The van der Waals surface area contributed by atoms with Crippen molar-refractivity contribution in [3.63, 3.8) is 0 Å². The molecule has 0 bridgehead atoms. The first-order valence-electron chi connectivity index (χ1n) is 6.21. The molecule has 114 valence electrons. The molecule has 0 radical (unpaired) electrons. The van der Waals surface area contributed by atoms with Gasteiger partial charge in [-0.05, 0) is 31.2 Å². The molecule has 0 aliphatic carbocycles. The summed E-state index contributed by atoms with van der Waals surface area (Å²) in [6.07, 6.45) is 0.0103. The summed E-state index contributed by atoms with van der Waals surface area (Å²) in [5.41, 5.74) is 0. The first kappa shape index (κ1) is 19.3. The molecule has 0 spiro atoms. The molecule has 1 rings (SSSR count). The summed E-state index contributed by atoms with van der Waals surface area (Å²) < 4.78 is 5.78. The normalized spacial score (nSPS) is 11.1. The molecule has 0 heterocycles. The highest BCUT2D eigenvalue weighted by atomic mass is 127. The van der Waals surface area contributed by atoms with E-state index in [0.29, 0.717) is 11.6 Å². The van der Waals surface area contributed by atoms with Crippen LogP contribution in [0.25, 0.3) is 0 Å². The fourth-order valence-electron chi connectivity index (χ4n) is 1.68. The van der Waals surface area contributed by atoms with E-state index in [0.717, 1.165) is 11.7 Å². The lowest BCUT2D eigenvalue weighted by Gasteiger charge is -2.23. The minimum atomic E-state index is 0. The Labute approximate surface area is 143 Å². The van der Waals surface area contributed by atoms with Gasteiger partial charge in [0.1, 0.15) is 11.9 Å². The summed E-state index contributed by atoms with van der Waals surface area (Å²) in [5, 5.41) is 0.709. The van der Waals surface area contributed by atoms with Gasteiger partial charge in [-0.15, -0.1) is 24.0 Å². The topological polar surface area (TPSA) is 28.1 Å². The van der Waals surface area contributed by atoms with Crippen molar-refractivity contribution < 1.29 is 4.74 Å². The van der Waals surface area contributed by atoms with E-state index in [4.69, 9.17) is 16.3 Å². The number of benzene rings is 1. The van der Waals surface area contributed by atoms with E-state index < -0.39 is 0 Å². The van der Waals surface area contributed by atoms with Crippen molar-refractivity contribution in [3.05, 3.63) is 29.3 Å². The van der Waals surface area contributed by atoms with E-state index >= 15 is 0 Å². The van der Waals surface area contributed by atoms with Crippen LogP contribution >= 0.6 is 35.6 Å². The molecule has 0 fully saturated rings. The Morgan fingerprint density at radius 3 is 2.10 bits per heavy atom. The van der Waals surface area contributed by atoms with Gasteiger partial charge in [0.2, 0.25) is 0 Å². The SMILES string of the molecule is CC(CN=C(N(C)C)N(C)C)Oc1ccc(Cl)cc1.I. The van der Waals surface area contributed by atoms with Crippen molar-refractivity contribution in [2.24, 2.45) is 4.99 Å². The van der Waals surface area contributed by atoms with Crippen LogP contribution in [-0.2, 0) is 0 Å². The lowest BCUT2D eigenvalue weighted by atomic mass is 10.3. The van der Waals surface area contributed by atoms with Gasteiger partial charge in [-0.3, -0.25) is 0 Å². The molecule has 4 nitrogen and oxygen atoms in total. The number of nitrogens with zero attached hydrogens (tertiary/aromatic N) is 3. The van der Waals surface area contributed by atoms with Gasteiger partial charge >= 0.3 is 0 Å². The third-order valence-corrected chi connectivity index (χ3v) is 2.69. The minimum Gasteiger partial charge on any atom is -0.489 e. The monoisotopic (exact) mass is 411 g/mol. The zero-order chi connectivity index (χ0) is 14.4. The number of ether oxygens (including phenoxy) is 1. The van der Waals surface area contributed by atoms with E-state index in [1.54, 1.807) is 0 Å². The third-order valence-electron chi connectivity index (χ3n) is 2.44. The number of halogens is 2. The maximum atomic E-state index is 5.83. The second kappa shape index (κ2) is 9.28. The van der Waals surface area contributed by atoms with Crippen LogP contribution in [-0.4, -0.2) is 56.6 Å². The standard InChI is InChI=1S/C14H22ClN3O.HI/c1-11(10-16-14(17(2)3)18(4)5)19-13-8-6-12(15)7-9-13;/h6-9,11H,10H2,1-5H3;1H. The van der Waals surface area contributed by atoms with Crippen molar-refractivity contribution in [2.75, 3.05) is 34.7 Å². The maximum Gasteiger partial charge on any atom is 0.195 e. The largest absolute Gasteiger partial charge is 0.489 e. The molecule has 0 amide bonds. The van der Waals surface area contributed by atoms with Crippen LogP contribution in [0.4, 0.5) is 0 Å². The smallest absolute Gasteiger partial charge is 0.195 e. The number of aliphatic imine (C=N–C) groups is 1. The molecule has 6 heteroatoms. The van der Waals surface area contributed by atoms with Crippen LogP contribution < -0.4 is 4.74 Å². The van der Waals surface area contributed by atoms with Crippen molar-refractivity contribution in [1.29, 1.82) is 0 Å². The highest BCUT2D eigenvalue weighted by Gasteiger charge is 2.07. The van der Waals surface area contributed by atoms with Crippen LogP contribution in [0.3, 0.4) is 0 Å². The Balaban J connectivity index is 0.00000361. The Morgan fingerprint density at radius 1 is 1.15 bits per heavy atom. The molecule has 20 heavy (non-hydrogen) atoms. The lowest BCUT2D eigenvalue weighted by molar-refractivity contribution is 0.229. The van der Waals surface area contributed by atoms with Crippen LogP contribution in [0, 0.1) is 0 Å². The molecule has 0 aliphatic rings. The zero-order valence-corrected chi connectivity index (χ0v) is 15.7. The quantitative estimate of drug-likeness (QED) is 0.433. The zero-order valence-electron chi connectivity index (χ0n) is 12.6. The fraction of sp³-hybridized carbons (Fsp3) is 0.500. The Bertz CT molecular complexity index is 411. The maximum absolute atomic E-state index is 5.83. The number of hydrogen-bond acceptors (Lipinski definition) is 2. The van der Waals surface area contributed by atoms with Gasteiger partial charge in [0, 0.05) is 33.2 Å². The lowest BCUT2D eigenvalue weighted by Crippen LogP contribution is -2.36. The van der Waals surface area contributed by atoms with Gasteiger partial charge in [-0.25, -0.2) is 4.99 Å². The molecule has 0 aromatic heterocycles. The molecule has 1 aromatic carbocycles. The molecule has 0 aliphatic heterocycles. The van der Waals surface area contributed by atoms with Gasteiger partial charge in [-0.2, -0.15) is 0 Å². The average Bonchev–Trinajstić information content (AvgIpc) is 2.31. The average molecular weight is 412 g/mol. The third kappa shape index (κ3) is 6.65. The molecule has 1 aromatic rings. The van der Waals surface area contributed by atoms with Gasteiger partial charge in [0.05, 0.1) is 6.54 Å². The molecule has 0 saturated heterocycles. The summed E-state index contributed by atoms with van der Waals surface area (Å²) in [6.45, 7) is 2.61. The van der Waals surface area contributed by atoms with E-state index in [-0.39, 0.29) is 30.1 Å². The van der Waals surface area contributed by atoms with Crippen molar-refractivity contribution in [2.45, 2.75) is 13.0 Å². The number of hydrogen-bond donors (Lipinski definition) is 0. The van der Waals surface area contributed by atoms with E-state index in [1.807, 2.05) is 69.2 Å². The van der Waals surface area contributed by atoms with E-state index in [1.165, 1.54) is 0 Å². The van der Waals surface area contributed by atoms with Crippen molar-refractivity contribution in [1.82, 2.24) is 9.80 Å². The summed E-state index contributed by atoms with van der Waals surface area (Å²) in [6, 6.07) is 7.36. The van der Waals surface area contributed by atoms with E-state index in [2.05, 4.69) is 4.99 Å². The predicted octanol–water partition coefficient (Wildman–Crippen LogP) is 3.20. The Hall–Kier alpha value is -0.690. The van der Waals surface area contributed by atoms with Gasteiger partial charge in [-0.1, -0.05) is 11.6 Å². The van der Waals surface area contributed by atoms with Crippen LogP contribution in [0.1, 0.15) is 6.92 Å². The second-order valence-electron chi connectivity index (χ2n) is 4.81. The Morgan fingerprint density at radius 2 is 1.65 bits per heavy atom. The molecule has 1 unspecified atom stereocenters. The predicted molar refractivity (Wildman–Crippen MR) is 96.6 cm³/mol. The highest BCUT2D eigenvalue weighted by molar-refractivity contribution is 14.0. The highest BCUT2D eigenvalue weighted by Crippen LogP contribution is 2.16. The summed E-state index contributed by atoms with van der Waals surface area (Å²) >= 11 is 5.83. The second-order valence-corrected chi connectivity index (χ2v) is 5.25. The Kier molecular flexibility index (Phi) is 8.96. The van der Waals surface area contributed by atoms with Gasteiger partial charge in [0.25, 0.3) is 0 Å². The molecular weight excluding hydrogens is 389 g/mol. The molecule has 0 saturated carbocycles. The van der Waals surface area contributed by atoms with Crippen LogP contribution in [0.15, 0.2) is 29.3 Å². The van der Waals surface area contributed by atoms with E-state index in [9.17, 15) is 0 Å².